The molecule has 7 nitrogen and oxygen atoms in total. The van der Waals surface area contributed by atoms with Gasteiger partial charge in [0, 0.05) is 26.2 Å². The third-order valence-corrected chi connectivity index (χ3v) is 7.26. The molecule has 0 aliphatic rings. The van der Waals surface area contributed by atoms with E-state index in [0.717, 1.165) is 29.0 Å². The van der Waals surface area contributed by atoms with Gasteiger partial charge in [0.2, 0.25) is 10.0 Å². The van der Waals surface area contributed by atoms with Gasteiger partial charge in [-0.15, -0.1) is 0 Å². The number of carbonyl (C=O) groups is 1. The van der Waals surface area contributed by atoms with Crippen LogP contribution in [-0.4, -0.2) is 47.8 Å². The molecule has 0 fully saturated rings. The van der Waals surface area contributed by atoms with Gasteiger partial charge in [0.05, 0.1) is 21.5 Å². The quantitative estimate of drug-likeness (QED) is 0.511. The largest absolute Gasteiger partial charge is 0.352 e. The molecule has 0 saturated heterocycles. The van der Waals surface area contributed by atoms with Crippen molar-refractivity contribution < 1.29 is 17.6 Å². The third kappa shape index (κ3) is 4.77. The Hall–Kier alpha value is -2.78. The Kier molecular flexibility index (Phi) is 7.07. The van der Waals surface area contributed by atoms with Crippen molar-refractivity contribution >= 4 is 27.0 Å². The second-order valence-electron chi connectivity index (χ2n) is 7.14. The Labute approximate surface area is 181 Å². The smallest absolute Gasteiger partial charge is 0.254 e. The number of halogens is 1. The van der Waals surface area contributed by atoms with Gasteiger partial charge in [-0.1, -0.05) is 26.0 Å². The highest BCUT2D eigenvalue weighted by Crippen LogP contribution is 2.19. The molecule has 0 saturated carbocycles. The lowest BCUT2D eigenvalue weighted by Gasteiger charge is -2.19. The number of nitrogens with one attached hydrogen (secondary N) is 1. The number of fused-ring (bicyclic) bond motifs is 1. The summed E-state index contributed by atoms with van der Waals surface area (Å²) < 4.78 is 42.9. The first-order chi connectivity index (χ1) is 14.8. The second kappa shape index (κ2) is 9.57. The van der Waals surface area contributed by atoms with Crippen molar-refractivity contribution in [3.63, 3.8) is 0 Å². The van der Waals surface area contributed by atoms with E-state index in [-0.39, 0.29) is 10.5 Å². The Morgan fingerprint density at radius 3 is 2.58 bits per heavy atom. The molecule has 0 bridgehead atoms. The molecule has 166 valence electrons. The molecule has 0 atom stereocenters. The lowest BCUT2D eigenvalue weighted by molar-refractivity contribution is 0.0948. The van der Waals surface area contributed by atoms with Gasteiger partial charge >= 0.3 is 0 Å². The maximum Gasteiger partial charge on any atom is 0.254 e. The van der Waals surface area contributed by atoms with Crippen LogP contribution in [0.2, 0.25) is 0 Å². The van der Waals surface area contributed by atoms with Crippen molar-refractivity contribution in [2.45, 2.75) is 38.6 Å². The SMILES string of the molecule is CCN(CC)S(=O)(=O)c1ccc(F)c(C(=O)NCCCn2c(C)nc3ccccc32)c1. The van der Waals surface area contributed by atoms with Crippen LogP contribution < -0.4 is 5.32 Å². The molecule has 3 aromatic rings. The average Bonchev–Trinajstić information content (AvgIpc) is 3.07. The minimum absolute atomic E-state index is 0.0942. The molecule has 0 aliphatic carbocycles. The molecule has 1 N–H and O–H groups in total. The summed E-state index contributed by atoms with van der Waals surface area (Å²) in [5, 5.41) is 2.68. The van der Waals surface area contributed by atoms with Gasteiger partial charge in [-0.2, -0.15) is 4.31 Å². The van der Waals surface area contributed by atoms with Crippen molar-refractivity contribution in [2.24, 2.45) is 0 Å². The molecule has 1 heterocycles. The Bertz CT molecular complexity index is 1190. The fourth-order valence-electron chi connectivity index (χ4n) is 3.56. The number of rotatable bonds is 9. The monoisotopic (exact) mass is 446 g/mol. The second-order valence-corrected chi connectivity index (χ2v) is 9.08. The summed E-state index contributed by atoms with van der Waals surface area (Å²) in [6, 6.07) is 11.1. The molecular weight excluding hydrogens is 419 g/mol. The molecule has 0 unspecified atom stereocenters. The Morgan fingerprint density at radius 2 is 1.87 bits per heavy atom. The summed E-state index contributed by atoms with van der Waals surface area (Å²) in [6.45, 7) is 6.92. The maximum atomic E-state index is 14.3. The van der Waals surface area contributed by atoms with Gasteiger partial charge in [-0.3, -0.25) is 4.79 Å². The minimum atomic E-state index is -3.78. The highest BCUT2D eigenvalue weighted by atomic mass is 32.2. The van der Waals surface area contributed by atoms with Gasteiger partial charge in [-0.05, 0) is 43.7 Å². The molecule has 3 rings (SSSR count). The predicted octanol–water partition coefficient (Wildman–Crippen LogP) is 3.33. The van der Waals surface area contributed by atoms with Crippen LogP contribution in [-0.2, 0) is 16.6 Å². The highest BCUT2D eigenvalue weighted by Gasteiger charge is 2.24. The first-order valence-electron chi connectivity index (χ1n) is 10.3. The van der Waals surface area contributed by atoms with Gasteiger partial charge in [-0.25, -0.2) is 17.8 Å². The van der Waals surface area contributed by atoms with E-state index in [1.807, 2.05) is 31.2 Å². The molecule has 1 amide bonds. The van der Waals surface area contributed by atoms with Crippen LogP contribution in [0.3, 0.4) is 0 Å². The molecule has 31 heavy (non-hydrogen) atoms. The van der Waals surface area contributed by atoms with Crippen LogP contribution in [0.25, 0.3) is 11.0 Å². The van der Waals surface area contributed by atoms with E-state index >= 15 is 0 Å². The summed E-state index contributed by atoms with van der Waals surface area (Å²) >= 11 is 0. The van der Waals surface area contributed by atoms with Crippen LogP contribution in [0.1, 0.15) is 36.5 Å². The number of imidazole rings is 1. The van der Waals surface area contributed by atoms with E-state index in [4.69, 9.17) is 0 Å². The van der Waals surface area contributed by atoms with E-state index in [9.17, 15) is 17.6 Å². The van der Waals surface area contributed by atoms with Crippen molar-refractivity contribution in [3.05, 3.63) is 59.7 Å². The number of sulfonamides is 1. The Morgan fingerprint density at radius 1 is 1.16 bits per heavy atom. The molecular formula is C22H27FN4O3S. The number of aryl methyl sites for hydroxylation is 2. The number of hydrogen-bond acceptors (Lipinski definition) is 4. The number of hydrogen-bond donors (Lipinski definition) is 1. The fraction of sp³-hybridized carbons (Fsp3) is 0.364. The van der Waals surface area contributed by atoms with Gasteiger partial charge in [0.15, 0.2) is 0 Å². The van der Waals surface area contributed by atoms with Crippen LogP contribution in [0.4, 0.5) is 4.39 Å². The standard InChI is InChI=1S/C22H27FN4O3S/c1-4-26(5-2)31(29,30)17-11-12-19(23)18(15-17)22(28)24-13-8-14-27-16(3)25-20-9-6-7-10-21(20)27/h6-7,9-12,15H,4-5,8,13-14H2,1-3H3,(H,24,28). The molecule has 0 spiro atoms. The van der Waals surface area contributed by atoms with E-state index in [1.54, 1.807) is 13.8 Å². The van der Waals surface area contributed by atoms with Crippen molar-refractivity contribution in [2.75, 3.05) is 19.6 Å². The van der Waals surface area contributed by atoms with E-state index in [2.05, 4.69) is 14.9 Å². The van der Waals surface area contributed by atoms with Crippen LogP contribution >= 0.6 is 0 Å². The van der Waals surface area contributed by atoms with Crippen LogP contribution in [0, 0.1) is 12.7 Å². The Balaban J connectivity index is 1.67. The van der Waals surface area contributed by atoms with Gasteiger partial charge in [0.1, 0.15) is 11.6 Å². The van der Waals surface area contributed by atoms with Crippen LogP contribution in [0.5, 0.6) is 0 Å². The molecule has 9 heteroatoms. The maximum absolute atomic E-state index is 14.3. The van der Waals surface area contributed by atoms with E-state index < -0.39 is 21.7 Å². The first kappa shape index (κ1) is 22.9. The fourth-order valence-corrected chi connectivity index (χ4v) is 5.05. The number of nitrogens with zero attached hydrogens (tertiary/aromatic N) is 3. The summed E-state index contributed by atoms with van der Waals surface area (Å²) in [5.74, 6) is -0.512. The zero-order valence-electron chi connectivity index (χ0n) is 17.9. The molecule has 2 aromatic carbocycles. The van der Waals surface area contributed by atoms with Crippen molar-refractivity contribution in [1.29, 1.82) is 0 Å². The zero-order chi connectivity index (χ0) is 22.6. The van der Waals surface area contributed by atoms with Crippen molar-refractivity contribution in [1.82, 2.24) is 19.2 Å². The minimum Gasteiger partial charge on any atom is -0.352 e. The number of para-hydroxylation sites is 2. The number of benzene rings is 2. The molecule has 1 aromatic heterocycles. The lowest BCUT2D eigenvalue weighted by atomic mass is 10.2. The zero-order valence-corrected chi connectivity index (χ0v) is 18.7. The van der Waals surface area contributed by atoms with E-state index in [1.165, 1.54) is 10.4 Å². The number of amides is 1. The highest BCUT2D eigenvalue weighted by molar-refractivity contribution is 7.89. The van der Waals surface area contributed by atoms with Crippen molar-refractivity contribution in [3.8, 4) is 0 Å². The number of aromatic nitrogens is 2. The predicted molar refractivity (Wildman–Crippen MR) is 118 cm³/mol. The third-order valence-electron chi connectivity index (χ3n) is 5.22. The van der Waals surface area contributed by atoms with Gasteiger partial charge in [0.25, 0.3) is 5.91 Å². The lowest BCUT2D eigenvalue weighted by Crippen LogP contribution is -2.31. The molecule has 0 aliphatic heterocycles. The topological polar surface area (TPSA) is 84.3 Å². The normalized spacial score (nSPS) is 11.9. The summed E-state index contributed by atoms with van der Waals surface area (Å²) in [7, 11) is -3.78. The summed E-state index contributed by atoms with van der Waals surface area (Å²) in [5.41, 5.74) is 1.65. The van der Waals surface area contributed by atoms with Crippen LogP contribution in [0.15, 0.2) is 47.4 Å². The summed E-state index contributed by atoms with van der Waals surface area (Å²) in [6.07, 6.45) is 0.617. The first-order valence-corrected chi connectivity index (χ1v) is 11.7. The summed E-state index contributed by atoms with van der Waals surface area (Å²) in [4.78, 5) is 16.9. The molecule has 0 radical (unpaired) electrons. The van der Waals surface area contributed by atoms with E-state index in [0.29, 0.717) is 32.6 Å². The number of carbonyl (C=O) groups excluding carboxylic acids is 1. The van der Waals surface area contributed by atoms with Gasteiger partial charge < -0.3 is 9.88 Å². The average molecular weight is 447 g/mol.